The third kappa shape index (κ3) is 8.30. The van der Waals surface area contributed by atoms with E-state index in [1.54, 1.807) is 0 Å². The molecule has 0 bridgehead atoms. The number of hydrogen-bond acceptors (Lipinski definition) is 3. The number of unbranched alkanes of at least 4 members (excludes halogenated alkanes) is 3. The highest BCUT2D eigenvalue weighted by Gasteiger charge is 2.02. The fourth-order valence-corrected chi connectivity index (χ4v) is 2.07. The van der Waals surface area contributed by atoms with Gasteiger partial charge in [-0.05, 0) is 25.5 Å². The van der Waals surface area contributed by atoms with Gasteiger partial charge in [-0.15, -0.1) is 0 Å². The van der Waals surface area contributed by atoms with Crippen LogP contribution in [0.15, 0.2) is 18.2 Å². The van der Waals surface area contributed by atoms with Crippen molar-refractivity contribution in [1.82, 2.24) is 0 Å². The zero-order valence-electron chi connectivity index (χ0n) is 13.2. The van der Waals surface area contributed by atoms with Gasteiger partial charge in [0, 0.05) is 17.2 Å². The van der Waals surface area contributed by atoms with E-state index in [2.05, 4.69) is 6.92 Å². The lowest BCUT2D eigenvalue weighted by Crippen LogP contribution is -2.11. The summed E-state index contributed by atoms with van der Waals surface area (Å²) < 4.78 is 16.6. The Kier molecular flexibility index (Phi) is 10.3. The fraction of sp³-hybridized carbons (Fsp3) is 0.647. The fourth-order valence-electron chi connectivity index (χ4n) is 1.91. The highest BCUT2D eigenvalue weighted by Crippen LogP contribution is 2.24. The lowest BCUT2D eigenvalue weighted by molar-refractivity contribution is 0.0352. The average Bonchev–Trinajstić information content (AvgIpc) is 2.49. The van der Waals surface area contributed by atoms with E-state index >= 15 is 0 Å². The molecule has 0 aliphatic carbocycles. The van der Waals surface area contributed by atoms with Crippen molar-refractivity contribution in [2.24, 2.45) is 0 Å². The highest BCUT2D eigenvalue weighted by molar-refractivity contribution is 6.31. The monoisotopic (exact) mass is 314 g/mol. The highest BCUT2D eigenvalue weighted by atomic mass is 35.5. The van der Waals surface area contributed by atoms with Crippen LogP contribution in [0.4, 0.5) is 0 Å². The zero-order chi connectivity index (χ0) is 15.3. The van der Waals surface area contributed by atoms with Crippen LogP contribution in [0.2, 0.25) is 5.02 Å². The Morgan fingerprint density at radius 3 is 2.38 bits per heavy atom. The topological polar surface area (TPSA) is 27.7 Å². The Morgan fingerprint density at radius 1 is 0.905 bits per heavy atom. The summed E-state index contributed by atoms with van der Waals surface area (Å²) in [6, 6.07) is 5.66. The molecule has 1 aromatic carbocycles. The Hall–Kier alpha value is -0.770. The molecule has 4 heteroatoms. The van der Waals surface area contributed by atoms with Gasteiger partial charge in [-0.3, -0.25) is 0 Å². The largest absolute Gasteiger partial charge is 0.491 e. The summed E-state index contributed by atoms with van der Waals surface area (Å²) in [6.45, 7) is 7.35. The number of halogens is 1. The zero-order valence-corrected chi connectivity index (χ0v) is 14.0. The second kappa shape index (κ2) is 11.8. The van der Waals surface area contributed by atoms with Gasteiger partial charge >= 0.3 is 0 Å². The first kappa shape index (κ1) is 18.3. The molecule has 0 saturated carbocycles. The molecular weight excluding hydrogens is 288 g/mol. The Bertz CT molecular complexity index is 382. The van der Waals surface area contributed by atoms with Crippen molar-refractivity contribution >= 4 is 11.6 Å². The van der Waals surface area contributed by atoms with Crippen LogP contribution in [0.1, 0.15) is 38.2 Å². The molecule has 120 valence electrons. The van der Waals surface area contributed by atoms with Crippen LogP contribution >= 0.6 is 11.6 Å². The third-order valence-electron chi connectivity index (χ3n) is 3.22. The molecule has 0 aliphatic heterocycles. The molecule has 0 saturated heterocycles. The third-order valence-corrected chi connectivity index (χ3v) is 3.63. The maximum atomic E-state index is 6.03. The summed E-state index contributed by atoms with van der Waals surface area (Å²) in [5.41, 5.74) is 0.967. The quantitative estimate of drug-likeness (QED) is 0.526. The van der Waals surface area contributed by atoms with Crippen molar-refractivity contribution in [1.29, 1.82) is 0 Å². The Morgan fingerprint density at radius 2 is 1.62 bits per heavy atom. The van der Waals surface area contributed by atoms with E-state index in [4.69, 9.17) is 25.8 Å². The van der Waals surface area contributed by atoms with Gasteiger partial charge in [0.05, 0.1) is 19.8 Å². The maximum Gasteiger partial charge on any atom is 0.123 e. The van der Waals surface area contributed by atoms with Crippen LogP contribution in [-0.4, -0.2) is 33.0 Å². The predicted molar refractivity (Wildman–Crippen MR) is 87.5 cm³/mol. The lowest BCUT2D eigenvalue weighted by atomic mass is 10.2. The first-order valence-corrected chi connectivity index (χ1v) is 8.17. The minimum atomic E-state index is 0.525. The number of rotatable bonds is 12. The van der Waals surface area contributed by atoms with Crippen molar-refractivity contribution < 1.29 is 14.2 Å². The van der Waals surface area contributed by atoms with E-state index in [1.165, 1.54) is 19.3 Å². The second-order valence-corrected chi connectivity index (χ2v) is 5.40. The summed E-state index contributed by atoms with van der Waals surface area (Å²) in [5.74, 6) is 0.818. The molecule has 0 atom stereocenters. The Balaban J connectivity index is 1.94. The van der Waals surface area contributed by atoms with E-state index in [1.807, 2.05) is 25.1 Å². The molecule has 0 unspecified atom stereocenters. The minimum Gasteiger partial charge on any atom is -0.491 e. The first-order chi connectivity index (χ1) is 10.3. The smallest absolute Gasteiger partial charge is 0.123 e. The van der Waals surface area contributed by atoms with E-state index in [9.17, 15) is 0 Å². The molecule has 0 radical (unpaired) electrons. The van der Waals surface area contributed by atoms with Gasteiger partial charge in [-0.2, -0.15) is 0 Å². The molecule has 0 heterocycles. The first-order valence-electron chi connectivity index (χ1n) is 7.79. The molecule has 1 rings (SSSR count). The standard InChI is InChI=1S/C17H27ClO3/c1-3-4-5-6-10-19-11-12-20-13-14-21-17-9-7-8-16(18)15(17)2/h7-9H,3-6,10-14H2,1-2H3. The van der Waals surface area contributed by atoms with Crippen LogP contribution < -0.4 is 4.74 Å². The molecule has 0 fully saturated rings. The van der Waals surface area contributed by atoms with Gasteiger partial charge < -0.3 is 14.2 Å². The van der Waals surface area contributed by atoms with Gasteiger partial charge in [0.15, 0.2) is 0 Å². The molecule has 1 aromatic rings. The normalized spacial score (nSPS) is 10.8. The Labute approximate surface area is 133 Å². The van der Waals surface area contributed by atoms with Crippen LogP contribution in [0, 0.1) is 6.92 Å². The molecule has 0 N–H and O–H groups in total. The summed E-state index contributed by atoms with van der Waals surface area (Å²) in [5, 5.41) is 0.727. The summed E-state index contributed by atoms with van der Waals surface area (Å²) in [6.07, 6.45) is 4.95. The molecule has 0 aliphatic rings. The summed E-state index contributed by atoms with van der Waals surface area (Å²) >= 11 is 6.03. The van der Waals surface area contributed by atoms with Crippen molar-refractivity contribution in [3.8, 4) is 5.75 Å². The number of benzene rings is 1. The minimum absolute atomic E-state index is 0.525. The van der Waals surface area contributed by atoms with Crippen LogP contribution in [-0.2, 0) is 9.47 Å². The molecular formula is C17H27ClO3. The van der Waals surface area contributed by atoms with Gasteiger partial charge in [0.2, 0.25) is 0 Å². The molecule has 0 amide bonds. The van der Waals surface area contributed by atoms with Crippen LogP contribution in [0.3, 0.4) is 0 Å². The van der Waals surface area contributed by atoms with Crippen molar-refractivity contribution in [2.75, 3.05) is 33.0 Å². The van der Waals surface area contributed by atoms with E-state index in [-0.39, 0.29) is 0 Å². The summed E-state index contributed by atoms with van der Waals surface area (Å²) in [7, 11) is 0. The van der Waals surface area contributed by atoms with Gasteiger partial charge in [-0.25, -0.2) is 0 Å². The second-order valence-electron chi connectivity index (χ2n) is 5.00. The summed E-state index contributed by atoms with van der Waals surface area (Å²) in [4.78, 5) is 0. The maximum absolute atomic E-state index is 6.03. The SMILES string of the molecule is CCCCCCOCCOCCOc1cccc(Cl)c1C. The van der Waals surface area contributed by atoms with Crippen LogP contribution in [0.5, 0.6) is 5.75 Å². The molecule has 0 spiro atoms. The van der Waals surface area contributed by atoms with Gasteiger partial charge in [0.1, 0.15) is 12.4 Å². The lowest BCUT2D eigenvalue weighted by Gasteiger charge is -2.10. The van der Waals surface area contributed by atoms with Crippen molar-refractivity contribution in [3.63, 3.8) is 0 Å². The van der Waals surface area contributed by atoms with E-state index < -0.39 is 0 Å². The van der Waals surface area contributed by atoms with Gasteiger partial charge in [-0.1, -0.05) is 43.9 Å². The molecule has 0 aromatic heterocycles. The van der Waals surface area contributed by atoms with E-state index in [0.29, 0.717) is 26.4 Å². The average molecular weight is 315 g/mol. The molecule has 21 heavy (non-hydrogen) atoms. The number of hydrogen-bond donors (Lipinski definition) is 0. The van der Waals surface area contributed by atoms with Crippen molar-refractivity contribution in [3.05, 3.63) is 28.8 Å². The number of ether oxygens (including phenoxy) is 3. The van der Waals surface area contributed by atoms with Gasteiger partial charge in [0.25, 0.3) is 0 Å². The predicted octanol–water partition coefficient (Wildman–Crippen LogP) is 4.64. The van der Waals surface area contributed by atoms with E-state index in [0.717, 1.165) is 29.4 Å². The van der Waals surface area contributed by atoms with Crippen molar-refractivity contribution in [2.45, 2.75) is 39.5 Å². The van der Waals surface area contributed by atoms with Crippen LogP contribution in [0.25, 0.3) is 0 Å². The molecule has 3 nitrogen and oxygen atoms in total.